The summed E-state index contributed by atoms with van der Waals surface area (Å²) in [5, 5.41) is 9.26. The molecule has 1 aliphatic heterocycles. The summed E-state index contributed by atoms with van der Waals surface area (Å²) < 4.78 is 10.6. The number of piperidine rings is 1. The van der Waals surface area contributed by atoms with Crippen LogP contribution in [0.4, 0.5) is 4.79 Å². The molecule has 2 atom stereocenters. The van der Waals surface area contributed by atoms with Crippen molar-refractivity contribution < 1.29 is 29.0 Å². The van der Waals surface area contributed by atoms with Gasteiger partial charge in [0.05, 0.1) is 18.1 Å². The normalized spacial score (nSPS) is 20.1. The van der Waals surface area contributed by atoms with E-state index in [0.717, 1.165) is 0 Å². The van der Waals surface area contributed by atoms with E-state index >= 15 is 0 Å². The highest BCUT2D eigenvalue weighted by Crippen LogP contribution is 2.34. The highest BCUT2D eigenvalue weighted by Gasteiger charge is 2.39. The van der Waals surface area contributed by atoms with Crippen LogP contribution in [0.2, 0.25) is 0 Å². The first-order valence-electron chi connectivity index (χ1n) is 9.10. The summed E-state index contributed by atoms with van der Waals surface area (Å²) in [7, 11) is 0. The number of likely N-dealkylation sites (tertiary alicyclic amines) is 1. The smallest absolute Gasteiger partial charge is 0.410 e. The van der Waals surface area contributed by atoms with Gasteiger partial charge in [-0.1, -0.05) is 12.1 Å². The van der Waals surface area contributed by atoms with Gasteiger partial charge in [0.1, 0.15) is 5.60 Å². The van der Waals surface area contributed by atoms with Crippen LogP contribution >= 0.6 is 0 Å². The van der Waals surface area contributed by atoms with E-state index in [1.165, 1.54) is 6.07 Å². The molecule has 1 heterocycles. The fourth-order valence-corrected chi connectivity index (χ4v) is 3.22. The maximum atomic E-state index is 12.5. The molecular formula is C20H27NO6. The lowest BCUT2D eigenvalue weighted by atomic mass is 9.80. The Bertz CT molecular complexity index is 709. The van der Waals surface area contributed by atoms with Gasteiger partial charge >= 0.3 is 18.0 Å². The van der Waals surface area contributed by atoms with Crippen molar-refractivity contribution in [2.45, 2.75) is 45.6 Å². The average Bonchev–Trinajstić information content (AvgIpc) is 2.60. The molecule has 1 aromatic carbocycles. The second kappa shape index (κ2) is 8.41. The molecule has 0 saturated carbocycles. The summed E-state index contributed by atoms with van der Waals surface area (Å²) in [6, 6.07) is 6.48. The van der Waals surface area contributed by atoms with Crippen molar-refractivity contribution in [2.24, 2.45) is 5.92 Å². The molecule has 1 saturated heterocycles. The summed E-state index contributed by atoms with van der Waals surface area (Å²) in [4.78, 5) is 37.8. The highest BCUT2D eigenvalue weighted by molar-refractivity contribution is 5.88. The lowest BCUT2D eigenvalue weighted by Gasteiger charge is -2.38. The predicted molar refractivity (Wildman–Crippen MR) is 98.7 cm³/mol. The molecule has 0 aliphatic carbocycles. The monoisotopic (exact) mass is 377 g/mol. The quantitative estimate of drug-likeness (QED) is 0.810. The van der Waals surface area contributed by atoms with Gasteiger partial charge in [0.25, 0.3) is 0 Å². The van der Waals surface area contributed by atoms with Crippen LogP contribution in [0.3, 0.4) is 0 Å². The van der Waals surface area contributed by atoms with Crippen molar-refractivity contribution in [3.63, 3.8) is 0 Å². The first-order valence-corrected chi connectivity index (χ1v) is 9.10. The maximum absolute atomic E-state index is 12.5. The Labute approximate surface area is 159 Å². The summed E-state index contributed by atoms with van der Waals surface area (Å²) in [5.74, 6) is -2.16. The molecule has 0 unspecified atom stereocenters. The van der Waals surface area contributed by atoms with E-state index in [-0.39, 0.29) is 30.6 Å². The zero-order valence-corrected chi connectivity index (χ0v) is 16.2. The molecule has 0 radical (unpaired) electrons. The van der Waals surface area contributed by atoms with Crippen LogP contribution in [0.5, 0.6) is 0 Å². The van der Waals surface area contributed by atoms with Gasteiger partial charge in [0, 0.05) is 19.0 Å². The van der Waals surface area contributed by atoms with Gasteiger partial charge in [-0.2, -0.15) is 0 Å². The minimum Gasteiger partial charge on any atom is -0.478 e. The van der Waals surface area contributed by atoms with Crippen molar-refractivity contribution >= 4 is 18.0 Å². The number of rotatable bonds is 4. The van der Waals surface area contributed by atoms with Gasteiger partial charge in [-0.25, -0.2) is 9.59 Å². The summed E-state index contributed by atoms with van der Waals surface area (Å²) in [5.41, 5.74) is 0.221. The van der Waals surface area contributed by atoms with Crippen LogP contribution < -0.4 is 0 Å². The molecule has 0 aromatic heterocycles. The van der Waals surface area contributed by atoms with Crippen LogP contribution in [-0.2, 0) is 14.3 Å². The van der Waals surface area contributed by atoms with E-state index < -0.39 is 23.6 Å². The Morgan fingerprint density at radius 2 is 1.96 bits per heavy atom. The topological polar surface area (TPSA) is 93.1 Å². The zero-order chi connectivity index (χ0) is 20.2. The molecule has 0 bridgehead atoms. The Balaban J connectivity index is 2.30. The second-order valence-electron chi connectivity index (χ2n) is 7.61. The number of amides is 1. The summed E-state index contributed by atoms with van der Waals surface area (Å²) >= 11 is 0. The molecule has 7 nitrogen and oxygen atoms in total. The number of ether oxygens (including phenoxy) is 2. The fourth-order valence-electron chi connectivity index (χ4n) is 3.22. The van der Waals surface area contributed by atoms with Crippen LogP contribution in [0.1, 0.15) is 56.0 Å². The Morgan fingerprint density at radius 3 is 2.56 bits per heavy atom. The number of nitrogens with zero attached hydrogens (tertiary/aromatic N) is 1. The highest BCUT2D eigenvalue weighted by atomic mass is 16.6. The van der Waals surface area contributed by atoms with Gasteiger partial charge in [-0.05, 0) is 51.8 Å². The van der Waals surface area contributed by atoms with Crippen molar-refractivity contribution in [1.29, 1.82) is 0 Å². The Kier molecular flexibility index (Phi) is 6.46. The fraction of sp³-hybridized carbons (Fsp3) is 0.550. The van der Waals surface area contributed by atoms with Gasteiger partial charge < -0.3 is 19.5 Å². The molecule has 2 rings (SSSR count). The van der Waals surface area contributed by atoms with Crippen molar-refractivity contribution in [3.05, 3.63) is 35.4 Å². The number of aromatic carboxylic acids is 1. The van der Waals surface area contributed by atoms with Crippen molar-refractivity contribution in [1.82, 2.24) is 4.90 Å². The molecule has 0 spiro atoms. The molecule has 1 fully saturated rings. The molecule has 148 valence electrons. The summed E-state index contributed by atoms with van der Waals surface area (Å²) in [6.45, 7) is 8.05. The largest absolute Gasteiger partial charge is 0.478 e. The van der Waals surface area contributed by atoms with E-state index in [1.807, 2.05) is 0 Å². The lowest BCUT2D eigenvalue weighted by Crippen LogP contribution is -2.47. The van der Waals surface area contributed by atoms with E-state index in [2.05, 4.69) is 0 Å². The van der Waals surface area contributed by atoms with E-state index in [9.17, 15) is 19.5 Å². The molecule has 1 amide bonds. The van der Waals surface area contributed by atoms with Crippen LogP contribution in [0.15, 0.2) is 24.3 Å². The van der Waals surface area contributed by atoms with Crippen molar-refractivity contribution in [2.75, 3.05) is 19.7 Å². The van der Waals surface area contributed by atoms with E-state index in [1.54, 1.807) is 50.8 Å². The minimum atomic E-state index is -1.04. The lowest BCUT2D eigenvalue weighted by molar-refractivity contribution is -0.150. The van der Waals surface area contributed by atoms with E-state index in [0.29, 0.717) is 18.5 Å². The molecule has 1 N–H and O–H groups in total. The number of carbonyl (C=O) groups is 3. The number of carboxylic acid groups (broad SMARTS) is 1. The van der Waals surface area contributed by atoms with Gasteiger partial charge in [0.2, 0.25) is 0 Å². The first-order chi connectivity index (χ1) is 12.6. The van der Waals surface area contributed by atoms with Crippen LogP contribution in [-0.4, -0.2) is 53.3 Å². The maximum Gasteiger partial charge on any atom is 0.410 e. The molecule has 1 aliphatic rings. The first kappa shape index (κ1) is 20.7. The van der Waals surface area contributed by atoms with E-state index in [4.69, 9.17) is 9.47 Å². The SMILES string of the molecule is CCOC(=O)[C@@H]1CCN(C(=O)OC(C)(C)C)C[C@@H]1c1cccc(C(=O)O)c1. The van der Waals surface area contributed by atoms with Crippen molar-refractivity contribution in [3.8, 4) is 0 Å². The third-order valence-electron chi connectivity index (χ3n) is 4.42. The molecule has 1 aromatic rings. The standard InChI is InChI=1S/C20H27NO6/c1-5-26-18(24)15-9-10-21(19(25)27-20(2,3)4)12-16(15)13-7-6-8-14(11-13)17(22)23/h6-8,11,15-16H,5,9-10,12H2,1-4H3,(H,22,23)/t15-,16-/m1/s1. The van der Waals surface area contributed by atoms with Crippen LogP contribution in [0.25, 0.3) is 0 Å². The summed E-state index contributed by atoms with van der Waals surface area (Å²) in [6.07, 6.45) is -0.00996. The van der Waals surface area contributed by atoms with Crippen LogP contribution in [0, 0.1) is 5.92 Å². The zero-order valence-electron chi connectivity index (χ0n) is 16.2. The Morgan fingerprint density at radius 1 is 1.26 bits per heavy atom. The number of carboxylic acids is 1. The molecule has 27 heavy (non-hydrogen) atoms. The van der Waals surface area contributed by atoms with Gasteiger partial charge in [0.15, 0.2) is 0 Å². The predicted octanol–water partition coefficient (Wildman–Crippen LogP) is 3.29. The third kappa shape index (κ3) is 5.45. The average molecular weight is 377 g/mol. The second-order valence-corrected chi connectivity index (χ2v) is 7.61. The number of hydrogen-bond donors (Lipinski definition) is 1. The molecular weight excluding hydrogens is 350 g/mol. The Hall–Kier alpha value is -2.57. The number of hydrogen-bond acceptors (Lipinski definition) is 5. The van der Waals surface area contributed by atoms with Gasteiger partial charge in [-0.3, -0.25) is 4.79 Å². The molecule has 7 heteroatoms. The number of benzene rings is 1. The minimum absolute atomic E-state index is 0.143. The third-order valence-corrected chi connectivity index (χ3v) is 4.42. The number of carbonyl (C=O) groups excluding carboxylic acids is 2. The number of esters is 1. The van der Waals surface area contributed by atoms with Gasteiger partial charge in [-0.15, -0.1) is 0 Å².